The molecule has 420 valence electrons. The molecule has 0 heterocycles. The minimum absolute atomic E-state index is 0.0777. The normalized spacial score (nSPS) is 12.3. The lowest BCUT2D eigenvalue weighted by Gasteiger charge is -2.18. The number of hydrogen-bond donors (Lipinski definition) is 0. The molecular formula is C66H120O6. The Morgan fingerprint density at radius 3 is 0.778 bits per heavy atom. The van der Waals surface area contributed by atoms with E-state index in [2.05, 4.69) is 69.4 Å². The Labute approximate surface area is 448 Å². The fourth-order valence-corrected chi connectivity index (χ4v) is 9.23. The molecule has 0 aliphatic carbocycles. The van der Waals surface area contributed by atoms with Gasteiger partial charge >= 0.3 is 17.9 Å². The van der Waals surface area contributed by atoms with Gasteiger partial charge in [0.25, 0.3) is 0 Å². The SMILES string of the molecule is CCCCCCC/C=C\C/C=C\CCCCCCCCCCCC(=O)OCC(COC(=O)CCCCCCC/C=C\CCCCCCCC)OC(=O)CCCCCCCCC/C=C\CCCCCCCCC. The number of carbonyl (C=O) groups excluding carboxylic acids is 3. The van der Waals surface area contributed by atoms with Crippen molar-refractivity contribution >= 4 is 17.9 Å². The van der Waals surface area contributed by atoms with Gasteiger partial charge in [-0.3, -0.25) is 14.4 Å². The van der Waals surface area contributed by atoms with Gasteiger partial charge in [0.05, 0.1) is 0 Å². The Bertz CT molecular complexity index is 1250. The molecule has 1 unspecified atom stereocenters. The zero-order valence-electron chi connectivity index (χ0n) is 48.2. The fourth-order valence-electron chi connectivity index (χ4n) is 9.23. The van der Waals surface area contributed by atoms with Crippen molar-refractivity contribution in [2.75, 3.05) is 13.2 Å². The number of allylic oxidation sites excluding steroid dienone is 8. The number of esters is 3. The molecule has 0 fully saturated rings. The Balaban J connectivity index is 4.35. The largest absolute Gasteiger partial charge is 0.462 e. The monoisotopic (exact) mass is 1010 g/mol. The number of ether oxygens (including phenoxy) is 3. The van der Waals surface area contributed by atoms with Crippen LogP contribution in [0.25, 0.3) is 0 Å². The fraction of sp³-hybridized carbons (Fsp3) is 0.833. The van der Waals surface area contributed by atoms with Crippen molar-refractivity contribution in [3.8, 4) is 0 Å². The summed E-state index contributed by atoms with van der Waals surface area (Å²) in [6.45, 7) is 6.65. The summed E-state index contributed by atoms with van der Waals surface area (Å²) < 4.78 is 16.9. The molecular weight excluding hydrogens is 889 g/mol. The van der Waals surface area contributed by atoms with Crippen LogP contribution in [-0.4, -0.2) is 37.2 Å². The van der Waals surface area contributed by atoms with E-state index < -0.39 is 6.10 Å². The summed E-state index contributed by atoms with van der Waals surface area (Å²) in [6, 6.07) is 0. The Kier molecular flexibility index (Phi) is 58.7. The molecule has 0 bridgehead atoms. The van der Waals surface area contributed by atoms with Crippen molar-refractivity contribution in [3.05, 3.63) is 48.6 Å². The van der Waals surface area contributed by atoms with Gasteiger partial charge in [0.2, 0.25) is 0 Å². The van der Waals surface area contributed by atoms with Crippen LogP contribution in [-0.2, 0) is 28.6 Å². The summed E-state index contributed by atoms with van der Waals surface area (Å²) in [6.07, 6.45) is 75.3. The number of unbranched alkanes of at least 4 members (excludes halogenated alkanes) is 39. The zero-order valence-corrected chi connectivity index (χ0v) is 48.2. The predicted octanol–water partition coefficient (Wildman–Crippen LogP) is 21.4. The van der Waals surface area contributed by atoms with Crippen LogP contribution in [0.2, 0.25) is 0 Å². The van der Waals surface area contributed by atoms with Gasteiger partial charge in [-0.2, -0.15) is 0 Å². The maximum atomic E-state index is 12.9. The molecule has 0 saturated carbocycles. The molecule has 0 radical (unpaired) electrons. The Hall–Kier alpha value is -2.63. The Morgan fingerprint density at radius 2 is 0.500 bits per heavy atom. The average molecular weight is 1010 g/mol. The van der Waals surface area contributed by atoms with E-state index in [9.17, 15) is 14.4 Å². The predicted molar refractivity (Wildman–Crippen MR) is 312 cm³/mol. The van der Waals surface area contributed by atoms with E-state index in [1.54, 1.807) is 0 Å². The van der Waals surface area contributed by atoms with Crippen LogP contribution >= 0.6 is 0 Å². The van der Waals surface area contributed by atoms with Gasteiger partial charge in [-0.25, -0.2) is 0 Å². The van der Waals surface area contributed by atoms with Crippen molar-refractivity contribution in [1.29, 1.82) is 0 Å². The number of rotatable bonds is 58. The third-order valence-corrected chi connectivity index (χ3v) is 14.0. The summed E-state index contributed by atoms with van der Waals surface area (Å²) in [7, 11) is 0. The van der Waals surface area contributed by atoms with Crippen LogP contribution in [0, 0.1) is 0 Å². The molecule has 0 saturated heterocycles. The van der Waals surface area contributed by atoms with Crippen LogP contribution in [0.3, 0.4) is 0 Å². The first kappa shape index (κ1) is 69.4. The lowest BCUT2D eigenvalue weighted by molar-refractivity contribution is -0.167. The van der Waals surface area contributed by atoms with Crippen LogP contribution in [0.4, 0.5) is 0 Å². The third kappa shape index (κ3) is 58.3. The molecule has 6 nitrogen and oxygen atoms in total. The van der Waals surface area contributed by atoms with Gasteiger partial charge in [-0.1, -0.05) is 262 Å². The summed E-state index contributed by atoms with van der Waals surface area (Å²) in [5, 5.41) is 0. The first-order valence-electron chi connectivity index (χ1n) is 31.6. The van der Waals surface area contributed by atoms with Crippen LogP contribution in [0.5, 0.6) is 0 Å². The summed E-state index contributed by atoms with van der Waals surface area (Å²) in [4.78, 5) is 38.3. The van der Waals surface area contributed by atoms with E-state index >= 15 is 0 Å². The van der Waals surface area contributed by atoms with Crippen LogP contribution in [0.15, 0.2) is 48.6 Å². The van der Waals surface area contributed by atoms with E-state index in [-0.39, 0.29) is 31.1 Å². The molecule has 0 aliphatic rings. The smallest absolute Gasteiger partial charge is 0.306 e. The molecule has 0 spiro atoms. The second kappa shape index (κ2) is 60.9. The van der Waals surface area contributed by atoms with Crippen molar-refractivity contribution in [2.45, 2.75) is 341 Å². The van der Waals surface area contributed by atoms with E-state index in [4.69, 9.17) is 14.2 Å². The average Bonchev–Trinajstić information content (AvgIpc) is 3.38. The van der Waals surface area contributed by atoms with Crippen molar-refractivity contribution in [3.63, 3.8) is 0 Å². The minimum atomic E-state index is -0.781. The van der Waals surface area contributed by atoms with Gasteiger partial charge in [0.1, 0.15) is 13.2 Å². The molecule has 0 aliphatic heterocycles. The van der Waals surface area contributed by atoms with E-state index in [0.29, 0.717) is 19.3 Å². The first-order chi connectivity index (χ1) is 35.5. The molecule has 0 amide bonds. The van der Waals surface area contributed by atoms with Gasteiger partial charge < -0.3 is 14.2 Å². The summed E-state index contributed by atoms with van der Waals surface area (Å²) in [5.74, 6) is -0.876. The Morgan fingerprint density at radius 1 is 0.278 bits per heavy atom. The maximum absolute atomic E-state index is 12.9. The van der Waals surface area contributed by atoms with Crippen LogP contribution in [0.1, 0.15) is 335 Å². The topological polar surface area (TPSA) is 78.9 Å². The lowest BCUT2D eigenvalue weighted by atomic mass is 10.1. The summed E-state index contributed by atoms with van der Waals surface area (Å²) >= 11 is 0. The molecule has 0 aromatic carbocycles. The highest BCUT2D eigenvalue weighted by atomic mass is 16.6. The molecule has 0 aromatic rings. The molecule has 0 aromatic heterocycles. The minimum Gasteiger partial charge on any atom is -0.462 e. The van der Waals surface area contributed by atoms with Crippen LogP contribution < -0.4 is 0 Å². The molecule has 1 atom stereocenters. The highest BCUT2D eigenvalue weighted by molar-refractivity contribution is 5.71. The van der Waals surface area contributed by atoms with Crippen molar-refractivity contribution in [2.24, 2.45) is 0 Å². The molecule has 72 heavy (non-hydrogen) atoms. The second-order valence-corrected chi connectivity index (χ2v) is 21.3. The second-order valence-electron chi connectivity index (χ2n) is 21.3. The van der Waals surface area contributed by atoms with Gasteiger partial charge in [-0.15, -0.1) is 0 Å². The number of carbonyl (C=O) groups is 3. The van der Waals surface area contributed by atoms with Gasteiger partial charge in [0, 0.05) is 19.3 Å². The quantitative estimate of drug-likeness (QED) is 0.0261. The highest BCUT2D eigenvalue weighted by Gasteiger charge is 2.19. The summed E-state index contributed by atoms with van der Waals surface area (Å²) in [5.41, 5.74) is 0. The molecule has 6 heteroatoms. The highest BCUT2D eigenvalue weighted by Crippen LogP contribution is 2.16. The molecule has 0 rings (SSSR count). The lowest BCUT2D eigenvalue weighted by Crippen LogP contribution is -2.30. The first-order valence-corrected chi connectivity index (χ1v) is 31.6. The molecule has 0 N–H and O–H groups in total. The van der Waals surface area contributed by atoms with E-state index in [0.717, 1.165) is 70.6 Å². The maximum Gasteiger partial charge on any atom is 0.306 e. The van der Waals surface area contributed by atoms with Crippen molar-refractivity contribution < 1.29 is 28.6 Å². The number of hydrogen-bond acceptors (Lipinski definition) is 6. The van der Waals surface area contributed by atoms with E-state index in [1.807, 2.05) is 0 Å². The third-order valence-electron chi connectivity index (χ3n) is 14.0. The van der Waals surface area contributed by atoms with E-state index in [1.165, 1.54) is 225 Å². The standard InChI is InChI=1S/C66H120O6/c1-4-7-10-13-16-19-22-25-28-30-32-33-34-36-38-41-44-47-50-53-56-59-65(68)71-62-63(61-70-64(67)58-55-52-49-46-43-40-37-27-24-21-18-15-12-9-6-3)72-66(69)60-57-54-51-48-45-42-39-35-31-29-26-23-20-17-14-11-8-5-2/h22,25,27,29-32,37,63H,4-21,23-24,26,28,33-36,38-62H2,1-3H3/b25-22-,31-29-,32-30-,37-27-. The zero-order chi connectivity index (χ0) is 52.2. The van der Waals surface area contributed by atoms with Crippen molar-refractivity contribution in [1.82, 2.24) is 0 Å². The van der Waals surface area contributed by atoms with Gasteiger partial charge in [0.15, 0.2) is 6.10 Å². The van der Waals surface area contributed by atoms with Gasteiger partial charge in [-0.05, 0) is 103 Å².